The number of carbonyl (C=O) groups is 3. The van der Waals surface area contributed by atoms with E-state index in [0.717, 1.165) is 77.0 Å². The molecule has 0 N–H and O–H groups in total. The quantitative estimate of drug-likeness (QED) is 0.0199. The minimum Gasteiger partial charge on any atom is -0.462 e. The molecule has 0 spiro atoms. The molecule has 0 aromatic carbocycles. The van der Waals surface area contributed by atoms with Crippen molar-refractivity contribution in [2.75, 3.05) is 13.2 Å². The lowest BCUT2D eigenvalue weighted by Crippen LogP contribution is -2.30. The fourth-order valence-corrected chi connectivity index (χ4v) is 6.64. The second-order valence-corrected chi connectivity index (χ2v) is 16.5. The van der Waals surface area contributed by atoms with E-state index in [1.807, 2.05) is 60.8 Å². The van der Waals surface area contributed by atoms with Gasteiger partial charge in [-0.15, -0.1) is 0 Å². The van der Waals surface area contributed by atoms with Crippen LogP contribution in [-0.2, 0) is 28.6 Å². The van der Waals surface area contributed by atoms with Crippen molar-refractivity contribution in [3.05, 3.63) is 109 Å². The maximum absolute atomic E-state index is 12.7. The van der Waals surface area contributed by atoms with Crippen molar-refractivity contribution in [3.8, 4) is 0 Å². The topological polar surface area (TPSA) is 78.9 Å². The first kappa shape index (κ1) is 59.1. The molecule has 6 heteroatoms. The third kappa shape index (κ3) is 49.0. The summed E-state index contributed by atoms with van der Waals surface area (Å²) in [6.07, 6.45) is 68.0. The van der Waals surface area contributed by atoms with Gasteiger partial charge in [0.25, 0.3) is 0 Å². The Labute approximate surface area is 387 Å². The molecule has 0 aliphatic heterocycles. The van der Waals surface area contributed by atoms with Gasteiger partial charge < -0.3 is 14.2 Å². The van der Waals surface area contributed by atoms with Crippen LogP contribution in [0.1, 0.15) is 213 Å². The van der Waals surface area contributed by atoms with Crippen LogP contribution in [0.2, 0.25) is 0 Å². The first-order chi connectivity index (χ1) is 31.0. The fraction of sp³-hybridized carbons (Fsp3) is 0.632. The van der Waals surface area contributed by atoms with Crippen molar-refractivity contribution in [1.29, 1.82) is 0 Å². The number of hydrogen-bond donors (Lipinski definition) is 0. The molecule has 0 aliphatic rings. The van der Waals surface area contributed by atoms with Crippen molar-refractivity contribution in [1.82, 2.24) is 0 Å². The lowest BCUT2D eigenvalue weighted by atomic mass is 10.1. The SMILES string of the molecule is CC/C=C/C=C/C=C/C=C/C=C/CCCC(=O)OC(COC(=O)CCCCCCC/C=C/C=C/C=C/CC)COC(=O)CCCCCCCCC/C=C/CCCCCCCCCC. The van der Waals surface area contributed by atoms with Crippen LogP contribution in [-0.4, -0.2) is 37.2 Å². The van der Waals surface area contributed by atoms with E-state index in [1.54, 1.807) is 0 Å². The second kappa shape index (κ2) is 50.7. The molecule has 0 saturated heterocycles. The highest BCUT2D eigenvalue weighted by Gasteiger charge is 2.19. The van der Waals surface area contributed by atoms with E-state index >= 15 is 0 Å². The maximum Gasteiger partial charge on any atom is 0.306 e. The summed E-state index contributed by atoms with van der Waals surface area (Å²) in [7, 11) is 0. The van der Waals surface area contributed by atoms with Crippen LogP contribution in [0.4, 0.5) is 0 Å². The molecule has 0 aromatic heterocycles. The monoisotopic (exact) mass is 873 g/mol. The summed E-state index contributed by atoms with van der Waals surface area (Å²) in [6, 6.07) is 0. The summed E-state index contributed by atoms with van der Waals surface area (Å²) in [5.74, 6) is -1.02. The molecule has 0 heterocycles. The molecular formula is C57H92O6. The zero-order valence-electron chi connectivity index (χ0n) is 40.5. The molecule has 0 fully saturated rings. The molecule has 6 nitrogen and oxygen atoms in total. The van der Waals surface area contributed by atoms with Crippen LogP contribution in [0.3, 0.4) is 0 Å². The number of ether oxygens (including phenoxy) is 3. The molecule has 0 aromatic rings. The molecule has 0 rings (SSSR count). The highest BCUT2D eigenvalue weighted by Crippen LogP contribution is 2.14. The Morgan fingerprint density at radius 3 is 1.06 bits per heavy atom. The van der Waals surface area contributed by atoms with Gasteiger partial charge in [0.1, 0.15) is 13.2 Å². The lowest BCUT2D eigenvalue weighted by Gasteiger charge is -2.18. The van der Waals surface area contributed by atoms with E-state index in [4.69, 9.17) is 14.2 Å². The van der Waals surface area contributed by atoms with Gasteiger partial charge in [-0.1, -0.05) is 226 Å². The van der Waals surface area contributed by atoms with Crippen molar-refractivity contribution < 1.29 is 28.6 Å². The third-order valence-electron chi connectivity index (χ3n) is 10.4. The summed E-state index contributed by atoms with van der Waals surface area (Å²) in [5, 5.41) is 0. The van der Waals surface area contributed by atoms with Gasteiger partial charge in [-0.25, -0.2) is 0 Å². The number of allylic oxidation sites excluding steroid dienone is 18. The number of carbonyl (C=O) groups excluding carboxylic acids is 3. The van der Waals surface area contributed by atoms with E-state index in [1.165, 1.54) is 89.9 Å². The molecule has 0 amide bonds. The van der Waals surface area contributed by atoms with E-state index < -0.39 is 12.1 Å². The predicted octanol–water partition coefficient (Wildman–Crippen LogP) is 16.8. The van der Waals surface area contributed by atoms with Crippen LogP contribution in [0.5, 0.6) is 0 Å². The zero-order chi connectivity index (χ0) is 45.8. The molecule has 0 bridgehead atoms. The molecule has 1 atom stereocenters. The van der Waals surface area contributed by atoms with Gasteiger partial charge in [0.15, 0.2) is 6.10 Å². The molecule has 356 valence electrons. The normalized spacial score (nSPS) is 13.0. The van der Waals surface area contributed by atoms with Crippen molar-refractivity contribution in [2.24, 2.45) is 0 Å². The van der Waals surface area contributed by atoms with Crippen LogP contribution in [0.15, 0.2) is 109 Å². The van der Waals surface area contributed by atoms with Gasteiger partial charge in [-0.05, 0) is 77.0 Å². The van der Waals surface area contributed by atoms with Gasteiger partial charge in [-0.2, -0.15) is 0 Å². The van der Waals surface area contributed by atoms with E-state index in [9.17, 15) is 14.4 Å². The van der Waals surface area contributed by atoms with Gasteiger partial charge in [0.2, 0.25) is 0 Å². The molecule has 0 saturated carbocycles. The largest absolute Gasteiger partial charge is 0.462 e. The standard InChI is InChI=1S/C57H92O6/c1-4-7-10-13-16-19-22-25-26-27-28-29-30-33-35-38-41-44-47-50-56(59)62-53-54(63-57(60)51-48-45-42-39-36-32-24-21-18-15-12-9-6-3)52-61-55(58)49-46-43-40-37-34-31-23-20-17-14-11-8-5-2/h8-9,11-12,14-15,17-18,20-21,23-24,27-28,32,36,39,42,54H,4-7,10,13,16,19,22,25-26,29-31,33-35,37-38,40-41,43-53H2,1-3H3/b11-8+,12-9+,17-14+,18-15+,23-20+,24-21+,28-27+,36-32+,42-39+. The van der Waals surface area contributed by atoms with Crippen LogP contribution >= 0.6 is 0 Å². The minimum absolute atomic E-state index is 0.118. The average molecular weight is 873 g/mol. The Balaban J connectivity index is 4.47. The van der Waals surface area contributed by atoms with E-state index in [-0.39, 0.29) is 31.6 Å². The average Bonchev–Trinajstić information content (AvgIpc) is 3.28. The van der Waals surface area contributed by atoms with Crippen LogP contribution in [0, 0.1) is 0 Å². The zero-order valence-corrected chi connectivity index (χ0v) is 40.5. The fourth-order valence-electron chi connectivity index (χ4n) is 6.64. The summed E-state index contributed by atoms with van der Waals surface area (Å²) < 4.78 is 16.7. The Morgan fingerprint density at radius 2 is 0.651 bits per heavy atom. The summed E-state index contributed by atoms with van der Waals surface area (Å²) in [5.41, 5.74) is 0. The Morgan fingerprint density at radius 1 is 0.333 bits per heavy atom. The van der Waals surface area contributed by atoms with E-state index in [0.29, 0.717) is 19.3 Å². The summed E-state index contributed by atoms with van der Waals surface area (Å²) in [6.45, 7) is 6.26. The van der Waals surface area contributed by atoms with Crippen molar-refractivity contribution in [2.45, 2.75) is 219 Å². The number of rotatable bonds is 44. The highest BCUT2D eigenvalue weighted by molar-refractivity contribution is 5.71. The summed E-state index contributed by atoms with van der Waals surface area (Å²) >= 11 is 0. The lowest BCUT2D eigenvalue weighted by molar-refractivity contribution is -0.167. The molecule has 63 heavy (non-hydrogen) atoms. The van der Waals surface area contributed by atoms with Gasteiger partial charge >= 0.3 is 17.9 Å². The number of unbranched alkanes of at least 4 members (excludes halogenated alkanes) is 21. The van der Waals surface area contributed by atoms with Crippen molar-refractivity contribution in [3.63, 3.8) is 0 Å². The molecular weight excluding hydrogens is 781 g/mol. The van der Waals surface area contributed by atoms with Crippen molar-refractivity contribution >= 4 is 17.9 Å². The second-order valence-electron chi connectivity index (χ2n) is 16.5. The minimum atomic E-state index is -0.826. The number of hydrogen-bond acceptors (Lipinski definition) is 6. The van der Waals surface area contributed by atoms with E-state index in [2.05, 4.69) is 69.4 Å². The first-order valence-corrected chi connectivity index (χ1v) is 25.5. The summed E-state index contributed by atoms with van der Waals surface area (Å²) in [4.78, 5) is 37.9. The Bertz CT molecular complexity index is 1330. The predicted molar refractivity (Wildman–Crippen MR) is 270 cm³/mol. The van der Waals surface area contributed by atoms with Gasteiger partial charge in [-0.3, -0.25) is 14.4 Å². The smallest absolute Gasteiger partial charge is 0.306 e. The van der Waals surface area contributed by atoms with Crippen LogP contribution < -0.4 is 0 Å². The van der Waals surface area contributed by atoms with Gasteiger partial charge in [0, 0.05) is 19.3 Å². The highest BCUT2D eigenvalue weighted by atomic mass is 16.6. The number of esters is 3. The first-order valence-electron chi connectivity index (χ1n) is 25.5. The molecule has 0 radical (unpaired) electrons. The Hall–Kier alpha value is -3.93. The van der Waals surface area contributed by atoms with Gasteiger partial charge in [0.05, 0.1) is 0 Å². The Kier molecular flexibility index (Phi) is 47.5. The third-order valence-corrected chi connectivity index (χ3v) is 10.4. The molecule has 0 aliphatic carbocycles. The van der Waals surface area contributed by atoms with Crippen LogP contribution in [0.25, 0.3) is 0 Å². The maximum atomic E-state index is 12.7. The molecule has 1 unspecified atom stereocenters.